The summed E-state index contributed by atoms with van der Waals surface area (Å²) in [7, 11) is 1.59. The maximum absolute atomic E-state index is 13.5. The maximum atomic E-state index is 13.5. The summed E-state index contributed by atoms with van der Waals surface area (Å²) in [5.74, 6) is 1.32. The van der Waals surface area contributed by atoms with Crippen molar-refractivity contribution in [2.24, 2.45) is 0 Å². The van der Waals surface area contributed by atoms with E-state index in [-0.39, 0.29) is 11.7 Å². The first-order chi connectivity index (χ1) is 16.0. The van der Waals surface area contributed by atoms with E-state index in [0.717, 1.165) is 37.4 Å². The molecule has 0 bridgehead atoms. The number of hydrogen-bond donors (Lipinski definition) is 0. The Labute approximate surface area is 192 Å². The predicted molar refractivity (Wildman–Crippen MR) is 125 cm³/mol. The Bertz CT molecular complexity index is 1210. The van der Waals surface area contributed by atoms with Gasteiger partial charge in [-0.1, -0.05) is 6.92 Å². The zero-order valence-electron chi connectivity index (χ0n) is 19.8. The van der Waals surface area contributed by atoms with Crippen LogP contribution in [0.1, 0.15) is 31.8 Å². The molecule has 0 spiro atoms. The smallest absolute Gasteiger partial charge is 0.409 e. The van der Waals surface area contributed by atoms with Crippen LogP contribution < -0.4 is 10.3 Å². The number of fused-ring (bicyclic) bond motifs is 3. The lowest BCUT2D eigenvalue weighted by Gasteiger charge is -2.34. The predicted octanol–water partition coefficient (Wildman–Crippen LogP) is 2.09. The molecule has 4 heterocycles. The fourth-order valence-corrected chi connectivity index (χ4v) is 4.50. The molecule has 3 aromatic heterocycles. The third kappa shape index (κ3) is 4.39. The Hall–Kier alpha value is -3.14. The average molecular weight is 457 g/mol. The highest BCUT2D eigenvalue weighted by molar-refractivity contribution is 5.77. The van der Waals surface area contributed by atoms with Crippen LogP contribution >= 0.6 is 0 Å². The number of piperazine rings is 1. The van der Waals surface area contributed by atoms with Crippen molar-refractivity contribution in [2.75, 3.05) is 46.4 Å². The number of methoxy groups -OCH3 is 1. The molecule has 0 aliphatic carbocycles. The van der Waals surface area contributed by atoms with Gasteiger partial charge < -0.3 is 18.9 Å². The van der Waals surface area contributed by atoms with Gasteiger partial charge in [0.2, 0.25) is 5.88 Å². The normalized spacial score (nSPS) is 14.8. The summed E-state index contributed by atoms with van der Waals surface area (Å²) in [6, 6.07) is 3.68. The molecule has 1 saturated heterocycles. The highest BCUT2D eigenvalue weighted by Gasteiger charge is 2.22. The van der Waals surface area contributed by atoms with Gasteiger partial charge in [0.05, 0.1) is 24.9 Å². The molecule has 0 N–H and O–H groups in total. The lowest BCUT2D eigenvalue weighted by molar-refractivity contribution is 0.0791. The SMILES string of the molecule is CCOC(=O)N1CCN(CCCn2c(=O)c3c(C)nc(CC)n3c3nc(OC)ccc32)CC1. The average Bonchev–Trinajstić information content (AvgIpc) is 3.18. The zero-order chi connectivity index (χ0) is 23.5. The number of nitrogens with zero attached hydrogens (tertiary/aromatic N) is 6. The standard InChI is InChI=1S/C23H32N6O4/c1-5-18-24-16(3)20-22(30)28(17-8-9-19(32-4)25-21(17)29(18)20)11-7-10-26-12-14-27(15-13-26)23(31)33-6-2/h8-9H,5-7,10-15H2,1-4H3. The van der Waals surface area contributed by atoms with Crippen molar-refractivity contribution in [3.8, 4) is 5.88 Å². The molecule has 0 atom stereocenters. The number of rotatable bonds is 7. The van der Waals surface area contributed by atoms with Gasteiger partial charge >= 0.3 is 6.09 Å². The highest BCUT2D eigenvalue weighted by atomic mass is 16.6. The van der Waals surface area contributed by atoms with E-state index >= 15 is 0 Å². The van der Waals surface area contributed by atoms with Gasteiger partial charge in [-0.2, -0.15) is 4.98 Å². The fraction of sp³-hybridized carbons (Fsp3) is 0.565. The van der Waals surface area contributed by atoms with Gasteiger partial charge in [0.1, 0.15) is 11.3 Å². The monoisotopic (exact) mass is 456 g/mol. The Balaban J connectivity index is 1.56. The van der Waals surface area contributed by atoms with Gasteiger partial charge in [0, 0.05) is 45.2 Å². The summed E-state index contributed by atoms with van der Waals surface area (Å²) in [5, 5.41) is 0. The lowest BCUT2D eigenvalue weighted by Crippen LogP contribution is -2.49. The van der Waals surface area contributed by atoms with Gasteiger partial charge in [-0.25, -0.2) is 9.78 Å². The molecular formula is C23H32N6O4. The van der Waals surface area contributed by atoms with E-state index in [1.807, 2.05) is 31.2 Å². The van der Waals surface area contributed by atoms with Crippen molar-refractivity contribution in [1.82, 2.24) is 28.7 Å². The van der Waals surface area contributed by atoms with E-state index in [9.17, 15) is 9.59 Å². The number of amides is 1. The number of aromatic nitrogens is 4. The van der Waals surface area contributed by atoms with Crippen molar-refractivity contribution in [3.63, 3.8) is 0 Å². The fourth-order valence-electron chi connectivity index (χ4n) is 4.50. The molecule has 1 amide bonds. The topological polar surface area (TPSA) is 94.2 Å². The van der Waals surface area contributed by atoms with E-state index in [0.29, 0.717) is 55.4 Å². The number of aryl methyl sites for hydroxylation is 3. The molecule has 0 unspecified atom stereocenters. The summed E-state index contributed by atoms with van der Waals surface area (Å²) >= 11 is 0. The Morgan fingerprint density at radius 1 is 1.09 bits per heavy atom. The minimum Gasteiger partial charge on any atom is -0.481 e. The van der Waals surface area contributed by atoms with E-state index in [1.165, 1.54) is 0 Å². The van der Waals surface area contributed by atoms with Crippen LogP contribution in [0.3, 0.4) is 0 Å². The number of carbonyl (C=O) groups excluding carboxylic acids is 1. The Morgan fingerprint density at radius 2 is 1.85 bits per heavy atom. The van der Waals surface area contributed by atoms with Crippen molar-refractivity contribution >= 4 is 22.8 Å². The summed E-state index contributed by atoms with van der Waals surface area (Å²) in [6.45, 7) is 10.4. The highest BCUT2D eigenvalue weighted by Crippen LogP contribution is 2.21. The number of hydrogen-bond acceptors (Lipinski definition) is 7. The van der Waals surface area contributed by atoms with E-state index in [4.69, 9.17) is 9.47 Å². The molecule has 0 aromatic carbocycles. The minimum absolute atomic E-state index is 0.0497. The van der Waals surface area contributed by atoms with Gasteiger partial charge in [0.25, 0.3) is 5.56 Å². The zero-order valence-corrected chi connectivity index (χ0v) is 19.8. The number of pyridine rings is 1. The van der Waals surface area contributed by atoms with E-state index in [1.54, 1.807) is 22.6 Å². The Morgan fingerprint density at radius 3 is 2.52 bits per heavy atom. The van der Waals surface area contributed by atoms with Crippen molar-refractivity contribution in [3.05, 3.63) is 34.0 Å². The van der Waals surface area contributed by atoms with Crippen molar-refractivity contribution < 1.29 is 14.3 Å². The molecule has 1 aliphatic heterocycles. The summed E-state index contributed by atoms with van der Waals surface area (Å²) in [5.41, 5.74) is 2.69. The van der Waals surface area contributed by atoms with Crippen LogP contribution in [0.5, 0.6) is 5.88 Å². The molecule has 33 heavy (non-hydrogen) atoms. The molecule has 178 valence electrons. The first-order valence-electron chi connectivity index (χ1n) is 11.6. The first kappa shape index (κ1) is 23.0. The molecule has 10 heteroatoms. The van der Waals surface area contributed by atoms with Crippen LogP contribution in [0.25, 0.3) is 16.7 Å². The van der Waals surface area contributed by atoms with Gasteiger partial charge in [0.15, 0.2) is 5.65 Å². The third-order valence-corrected chi connectivity index (χ3v) is 6.18. The molecule has 4 rings (SSSR count). The lowest BCUT2D eigenvalue weighted by atomic mass is 10.2. The Kier molecular flexibility index (Phi) is 6.83. The van der Waals surface area contributed by atoms with Crippen LogP contribution in [-0.4, -0.2) is 81.3 Å². The van der Waals surface area contributed by atoms with Crippen LogP contribution in [0.2, 0.25) is 0 Å². The summed E-state index contributed by atoms with van der Waals surface area (Å²) in [6.07, 6.45) is 1.27. The second-order valence-corrected chi connectivity index (χ2v) is 8.19. The largest absolute Gasteiger partial charge is 0.481 e. The van der Waals surface area contributed by atoms with E-state index in [2.05, 4.69) is 14.9 Å². The second-order valence-electron chi connectivity index (χ2n) is 8.19. The summed E-state index contributed by atoms with van der Waals surface area (Å²) < 4.78 is 14.1. The quantitative estimate of drug-likeness (QED) is 0.537. The molecule has 0 saturated carbocycles. The molecule has 10 nitrogen and oxygen atoms in total. The van der Waals surface area contributed by atoms with Gasteiger partial charge in [-0.15, -0.1) is 0 Å². The van der Waals surface area contributed by atoms with Crippen LogP contribution in [0.4, 0.5) is 4.79 Å². The molecule has 1 aliphatic rings. The minimum atomic E-state index is -0.242. The van der Waals surface area contributed by atoms with Crippen molar-refractivity contribution in [1.29, 1.82) is 0 Å². The molecular weight excluding hydrogens is 424 g/mol. The van der Waals surface area contributed by atoms with Gasteiger partial charge in [-0.3, -0.25) is 14.1 Å². The molecule has 0 radical (unpaired) electrons. The van der Waals surface area contributed by atoms with Crippen LogP contribution in [0.15, 0.2) is 16.9 Å². The first-order valence-corrected chi connectivity index (χ1v) is 11.6. The third-order valence-electron chi connectivity index (χ3n) is 6.18. The van der Waals surface area contributed by atoms with Crippen LogP contribution in [-0.2, 0) is 17.7 Å². The summed E-state index contributed by atoms with van der Waals surface area (Å²) in [4.78, 5) is 38.7. The number of carbonyl (C=O) groups is 1. The molecule has 3 aromatic rings. The van der Waals surface area contributed by atoms with Crippen molar-refractivity contribution in [2.45, 2.75) is 40.2 Å². The van der Waals surface area contributed by atoms with Crippen LogP contribution in [0, 0.1) is 6.92 Å². The maximum Gasteiger partial charge on any atom is 0.409 e. The number of imidazole rings is 1. The second kappa shape index (κ2) is 9.78. The van der Waals surface area contributed by atoms with Gasteiger partial charge in [-0.05, 0) is 32.9 Å². The molecule has 1 fully saturated rings. The van der Waals surface area contributed by atoms with E-state index < -0.39 is 0 Å². The number of ether oxygens (including phenoxy) is 2.